The van der Waals surface area contributed by atoms with Gasteiger partial charge in [-0.2, -0.15) is 0 Å². The molecule has 0 aliphatic carbocycles. The Labute approximate surface area is 104 Å². The molecule has 1 saturated heterocycles. The van der Waals surface area contributed by atoms with Crippen LogP contribution in [0.15, 0.2) is 0 Å². The van der Waals surface area contributed by atoms with Crippen molar-refractivity contribution in [3.8, 4) is 0 Å². The topological polar surface area (TPSA) is 61.5 Å². The Kier molecular flexibility index (Phi) is 4.55. The average molecular weight is 243 g/mol. The van der Waals surface area contributed by atoms with Crippen molar-refractivity contribution >= 4 is 5.97 Å². The summed E-state index contributed by atoms with van der Waals surface area (Å²) in [4.78, 5) is 11.9. The quantitative estimate of drug-likeness (QED) is 0.752. The highest BCUT2D eigenvalue weighted by atomic mass is 16.6. The number of hydrogen-bond donors (Lipinski definition) is 1. The maximum atomic E-state index is 11.9. The van der Waals surface area contributed by atoms with E-state index in [4.69, 9.17) is 15.2 Å². The fraction of sp³-hybridized carbons (Fsp3) is 0.923. The summed E-state index contributed by atoms with van der Waals surface area (Å²) in [5.74, 6) is -0.302. The fourth-order valence-electron chi connectivity index (χ4n) is 2.03. The van der Waals surface area contributed by atoms with Crippen molar-refractivity contribution in [3.05, 3.63) is 0 Å². The van der Waals surface area contributed by atoms with Gasteiger partial charge in [-0.05, 0) is 19.3 Å². The minimum Gasteiger partial charge on any atom is -0.461 e. The van der Waals surface area contributed by atoms with Gasteiger partial charge in [-0.25, -0.2) is 0 Å². The van der Waals surface area contributed by atoms with Crippen LogP contribution in [-0.4, -0.2) is 30.3 Å². The van der Waals surface area contributed by atoms with Gasteiger partial charge in [-0.3, -0.25) is 4.79 Å². The van der Waals surface area contributed by atoms with Crippen LogP contribution in [-0.2, 0) is 14.3 Å². The maximum absolute atomic E-state index is 11.9. The zero-order valence-corrected chi connectivity index (χ0v) is 11.5. The van der Waals surface area contributed by atoms with Gasteiger partial charge < -0.3 is 15.2 Å². The number of nitrogens with two attached hydrogens (primary N) is 1. The van der Waals surface area contributed by atoms with Gasteiger partial charge in [0, 0.05) is 12.8 Å². The van der Waals surface area contributed by atoms with E-state index in [1.165, 1.54) is 0 Å². The first kappa shape index (κ1) is 14.5. The third kappa shape index (κ3) is 4.28. The molecule has 3 atom stereocenters. The molecule has 2 unspecified atom stereocenters. The summed E-state index contributed by atoms with van der Waals surface area (Å²) >= 11 is 0. The third-order valence-electron chi connectivity index (χ3n) is 3.12. The standard InChI is InChI=1S/C13H25NO3/c1-8-6-10(7-9(2)16-8)17-12(15)11(14)13(3,4)5/h8-11H,6-7,14H2,1-5H3/t8?,9?,10?,11-/m0/s1. The lowest BCUT2D eigenvalue weighted by atomic mass is 9.87. The van der Waals surface area contributed by atoms with Crippen molar-refractivity contribution < 1.29 is 14.3 Å². The van der Waals surface area contributed by atoms with Gasteiger partial charge in [0.2, 0.25) is 0 Å². The first-order chi connectivity index (χ1) is 7.70. The van der Waals surface area contributed by atoms with Gasteiger partial charge in [0.25, 0.3) is 0 Å². The largest absolute Gasteiger partial charge is 0.461 e. The Morgan fingerprint density at radius 1 is 1.29 bits per heavy atom. The number of hydrogen-bond acceptors (Lipinski definition) is 4. The van der Waals surface area contributed by atoms with Crippen molar-refractivity contribution in [3.63, 3.8) is 0 Å². The lowest BCUT2D eigenvalue weighted by Gasteiger charge is -2.33. The van der Waals surface area contributed by atoms with Crippen LogP contribution < -0.4 is 5.73 Å². The molecule has 0 aromatic rings. The second-order valence-electron chi connectivity index (χ2n) is 6.13. The van der Waals surface area contributed by atoms with Gasteiger partial charge in [-0.15, -0.1) is 0 Å². The van der Waals surface area contributed by atoms with E-state index in [1.54, 1.807) is 0 Å². The zero-order valence-electron chi connectivity index (χ0n) is 11.5. The molecule has 4 heteroatoms. The second kappa shape index (κ2) is 5.36. The average Bonchev–Trinajstić information content (AvgIpc) is 2.13. The molecule has 0 radical (unpaired) electrons. The Morgan fingerprint density at radius 2 is 1.76 bits per heavy atom. The molecular formula is C13H25NO3. The van der Waals surface area contributed by atoms with Crippen LogP contribution in [0.1, 0.15) is 47.5 Å². The van der Waals surface area contributed by atoms with E-state index in [0.29, 0.717) is 0 Å². The Bertz CT molecular complexity index is 262. The van der Waals surface area contributed by atoms with Crippen LogP contribution in [0, 0.1) is 5.41 Å². The Hall–Kier alpha value is -0.610. The Morgan fingerprint density at radius 3 is 2.18 bits per heavy atom. The second-order valence-corrected chi connectivity index (χ2v) is 6.13. The molecular weight excluding hydrogens is 218 g/mol. The zero-order chi connectivity index (χ0) is 13.2. The highest BCUT2D eigenvalue weighted by Gasteiger charge is 2.33. The minimum atomic E-state index is -0.573. The number of esters is 1. The van der Waals surface area contributed by atoms with E-state index in [9.17, 15) is 4.79 Å². The summed E-state index contributed by atoms with van der Waals surface area (Å²) in [6.45, 7) is 9.82. The molecule has 0 amide bonds. The molecule has 0 saturated carbocycles. The number of ether oxygens (including phenoxy) is 2. The van der Waals surface area contributed by atoms with E-state index in [1.807, 2.05) is 34.6 Å². The molecule has 0 aromatic carbocycles. The van der Waals surface area contributed by atoms with Crippen molar-refractivity contribution in [1.29, 1.82) is 0 Å². The van der Waals surface area contributed by atoms with E-state index in [2.05, 4.69) is 0 Å². The predicted octanol–water partition coefficient (Wildman–Crippen LogP) is 1.86. The van der Waals surface area contributed by atoms with Crippen LogP contribution >= 0.6 is 0 Å². The molecule has 17 heavy (non-hydrogen) atoms. The normalized spacial score (nSPS) is 32.0. The predicted molar refractivity (Wildman–Crippen MR) is 66.6 cm³/mol. The van der Waals surface area contributed by atoms with E-state index < -0.39 is 6.04 Å². The van der Waals surface area contributed by atoms with Crippen LogP contribution in [0.4, 0.5) is 0 Å². The molecule has 4 nitrogen and oxygen atoms in total. The van der Waals surface area contributed by atoms with Crippen molar-refractivity contribution in [2.24, 2.45) is 11.1 Å². The maximum Gasteiger partial charge on any atom is 0.323 e. The van der Waals surface area contributed by atoms with E-state index in [0.717, 1.165) is 12.8 Å². The molecule has 1 aliphatic heterocycles. The van der Waals surface area contributed by atoms with Crippen molar-refractivity contribution in [2.75, 3.05) is 0 Å². The fourth-order valence-corrected chi connectivity index (χ4v) is 2.03. The molecule has 0 spiro atoms. The van der Waals surface area contributed by atoms with Crippen LogP contribution in [0.2, 0.25) is 0 Å². The van der Waals surface area contributed by atoms with Crippen molar-refractivity contribution in [2.45, 2.75) is 71.8 Å². The monoisotopic (exact) mass is 243 g/mol. The van der Waals surface area contributed by atoms with Crippen LogP contribution in [0.5, 0.6) is 0 Å². The summed E-state index contributed by atoms with van der Waals surface area (Å²) in [5.41, 5.74) is 5.61. The summed E-state index contributed by atoms with van der Waals surface area (Å²) in [6, 6.07) is -0.573. The molecule has 1 heterocycles. The summed E-state index contributed by atoms with van der Waals surface area (Å²) in [5, 5.41) is 0. The van der Waals surface area contributed by atoms with E-state index in [-0.39, 0.29) is 29.7 Å². The van der Waals surface area contributed by atoms with Gasteiger partial charge in [0.05, 0.1) is 12.2 Å². The third-order valence-corrected chi connectivity index (χ3v) is 3.12. The minimum absolute atomic E-state index is 0.0605. The highest BCUT2D eigenvalue weighted by Crippen LogP contribution is 2.24. The first-order valence-electron chi connectivity index (χ1n) is 6.31. The van der Waals surface area contributed by atoms with Gasteiger partial charge in [0.1, 0.15) is 12.1 Å². The molecule has 100 valence electrons. The molecule has 2 N–H and O–H groups in total. The van der Waals surface area contributed by atoms with Gasteiger partial charge >= 0.3 is 5.97 Å². The SMILES string of the molecule is CC1CC(OC(=O)[C@H](N)C(C)(C)C)CC(C)O1. The smallest absolute Gasteiger partial charge is 0.323 e. The van der Waals surface area contributed by atoms with Crippen molar-refractivity contribution in [1.82, 2.24) is 0 Å². The molecule has 1 rings (SSSR count). The lowest BCUT2D eigenvalue weighted by Crippen LogP contribution is -2.46. The summed E-state index contributed by atoms with van der Waals surface area (Å²) in [6.07, 6.45) is 1.74. The number of carbonyl (C=O) groups excluding carboxylic acids is 1. The van der Waals surface area contributed by atoms with Crippen LogP contribution in [0.25, 0.3) is 0 Å². The molecule has 0 bridgehead atoms. The summed E-state index contributed by atoms with van der Waals surface area (Å²) < 4.78 is 11.1. The molecule has 1 fully saturated rings. The van der Waals surface area contributed by atoms with E-state index >= 15 is 0 Å². The number of carbonyl (C=O) groups is 1. The first-order valence-corrected chi connectivity index (χ1v) is 6.31. The molecule has 0 aromatic heterocycles. The van der Waals surface area contributed by atoms with Gasteiger partial charge in [-0.1, -0.05) is 20.8 Å². The summed E-state index contributed by atoms with van der Waals surface area (Å²) in [7, 11) is 0. The number of rotatable bonds is 2. The van der Waals surface area contributed by atoms with Gasteiger partial charge in [0.15, 0.2) is 0 Å². The Balaban J connectivity index is 2.51. The highest BCUT2D eigenvalue weighted by molar-refractivity contribution is 5.76. The lowest BCUT2D eigenvalue weighted by molar-refractivity contribution is -0.163. The van der Waals surface area contributed by atoms with Crippen LogP contribution in [0.3, 0.4) is 0 Å². The molecule has 1 aliphatic rings.